The number of aromatic nitrogens is 1. The fourth-order valence-electron chi connectivity index (χ4n) is 2.62. The zero-order valence-corrected chi connectivity index (χ0v) is 15.8. The molecule has 2 aromatic carbocycles. The molecule has 9 heteroatoms. The van der Waals surface area contributed by atoms with Crippen molar-refractivity contribution in [1.29, 1.82) is 0 Å². The van der Waals surface area contributed by atoms with Crippen LogP contribution >= 0.6 is 0 Å². The summed E-state index contributed by atoms with van der Waals surface area (Å²) in [7, 11) is 0. The highest BCUT2D eigenvalue weighted by Gasteiger charge is 2.26. The van der Waals surface area contributed by atoms with Crippen LogP contribution in [0.2, 0.25) is 0 Å². The van der Waals surface area contributed by atoms with E-state index in [1.54, 1.807) is 36.4 Å². The maximum atomic E-state index is 12.6. The SMILES string of the molecule is O=C(N[C@@H](Cc1ccc(O)cc1)C(=O)On1c(O)ccc1O)OCc1ccccc1. The third-order valence-corrected chi connectivity index (χ3v) is 4.14. The molecule has 156 valence electrons. The smallest absolute Gasteiger partial charge is 0.408 e. The second-order valence-corrected chi connectivity index (χ2v) is 6.38. The minimum Gasteiger partial charge on any atom is -0.508 e. The first-order valence-electron chi connectivity index (χ1n) is 8.99. The molecule has 0 saturated heterocycles. The molecule has 0 radical (unpaired) electrons. The molecule has 0 aliphatic heterocycles. The summed E-state index contributed by atoms with van der Waals surface area (Å²) >= 11 is 0. The predicted molar refractivity (Wildman–Crippen MR) is 105 cm³/mol. The Morgan fingerprint density at radius 1 is 0.867 bits per heavy atom. The Labute approximate surface area is 171 Å². The molecule has 30 heavy (non-hydrogen) atoms. The van der Waals surface area contributed by atoms with E-state index in [-0.39, 0.29) is 18.8 Å². The fraction of sp³-hybridized carbons (Fsp3) is 0.143. The zero-order valence-electron chi connectivity index (χ0n) is 15.8. The number of ether oxygens (including phenoxy) is 1. The standard InChI is InChI=1S/C21H20N2O7/c24-16-8-6-14(7-9-16)12-17(20(27)30-23-18(25)10-11-19(23)26)22-21(28)29-13-15-4-2-1-3-5-15/h1-11,17,24-26H,12-13H2,(H,22,28)/t17-/m0/s1. The van der Waals surface area contributed by atoms with E-state index < -0.39 is 29.9 Å². The molecule has 9 nitrogen and oxygen atoms in total. The van der Waals surface area contributed by atoms with Gasteiger partial charge in [-0.05, 0) is 23.3 Å². The van der Waals surface area contributed by atoms with Gasteiger partial charge in [-0.2, -0.15) is 0 Å². The maximum absolute atomic E-state index is 12.6. The normalized spacial score (nSPS) is 11.5. The van der Waals surface area contributed by atoms with Gasteiger partial charge in [0.05, 0.1) is 0 Å². The summed E-state index contributed by atoms with van der Waals surface area (Å²) in [4.78, 5) is 29.8. The Morgan fingerprint density at radius 3 is 2.13 bits per heavy atom. The minimum absolute atomic E-state index is 0.00677. The van der Waals surface area contributed by atoms with Gasteiger partial charge in [0.2, 0.25) is 11.8 Å². The second-order valence-electron chi connectivity index (χ2n) is 6.38. The average Bonchev–Trinajstić information content (AvgIpc) is 3.06. The summed E-state index contributed by atoms with van der Waals surface area (Å²) in [6, 6.07) is 16.1. The molecule has 1 amide bonds. The molecule has 0 aliphatic rings. The number of hydrogen-bond donors (Lipinski definition) is 4. The summed E-state index contributed by atoms with van der Waals surface area (Å²) in [5, 5.41) is 31.2. The lowest BCUT2D eigenvalue weighted by Gasteiger charge is -2.18. The van der Waals surface area contributed by atoms with Crippen molar-refractivity contribution in [2.45, 2.75) is 19.1 Å². The number of phenolic OH excluding ortho intramolecular Hbond substituents is 1. The van der Waals surface area contributed by atoms with E-state index in [2.05, 4.69) is 5.32 Å². The highest BCUT2D eigenvalue weighted by Crippen LogP contribution is 2.19. The zero-order chi connectivity index (χ0) is 21.5. The molecule has 0 spiro atoms. The lowest BCUT2D eigenvalue weighted by molar-refractivity contribution is -0.147. The summed E-state index contributed by atoms with van der Waals surface area (Å²) in [6.07, 6.45) is -0.831. The minimum atomic E-state index is -1.20. The molecule has 0 saturated carbocycles. The molecule has 0 bridgehead atoms. The van der Waals surface area contributed by atoms with Gasteiger partial charge in [0.1, 0.15) is 18.4 Å². The molecule has 0 unspecified atom stereocenters. The number of nitrogens with zero attached hydrogens (tertiary/aromatic N) is 1. The first kappa shape index (κ1) is 20.6. The van der Waals surface area contributed by atoms with Crippen molar-refractivity contribution in [3.8, 4) is 17.5 Å². The van der Waals surface area contributed by atoms with E-state index in [4.69, 9.17) is 9.57 Å². The van der Waals surface area contributed by atoms with Crippen molar-refractivity contribution in [2.24, 2.45) is 0 Å². The Balaban J connectivity index is 1.70. The largest absolute Gasteiger partial charge is 0.508 e. The number of rotatable bonds is 7. The van der Waals surface area contributed by atoms with Gasteiger partial charge in [-0.15, -0.1) is 4.73 Å². The van der Waals surface area contributed by atoms with E-state index in [0.717, 1.165) is 17.7 Å². The molecule has 0 aliphatic carbocycles. The number of benzene rings is 2. The van der Waals surface area contributed by atoms with Crippen molar-refractivity contribution in [3.05, 3.63) is 77.9 Å². The second kappa shape index (κ2) is 9.37. The number of amides is 1. The molecule has 1 aromatic heterocycles. The average molecular weight is 412 g/mol. The number of carbonyl (C=O) groups is 2. The third kappa shape index (κ3) is 5.44. The summed E-state index contributed by atoms with van der Waals surface area (Å²) in [5.74, 6) is -1.87. The van der Waals surface area contributed by atoms with Crippen LogP contribution in [-0.2, 0) is 22.6 Å². The van der Waals surface area contributed by atoms with E-state index in [0.29, 0.717) is 10.3 Å². The number of hydrogen-bond acceptors (Lipinski definition) is 7. The monoisotopic (exact) mass is 412 g/mol. The van der Waals surface area contributed by atoms with Crippen LogP contribution in [0.15, 0.2) is 66.7 Å². The van der Waals surface area contributed by atoms with Crippen LogP contribution in [0.3, 0.4) is 0 Å². The van der Waals surface area contributed by atoms with E-state index in [1.165, 1.54) is 12.1 Å². The Hall–Kier alpha value is -4.14. The maximum Gasteiger partial charge on any atom is 0.408 e. The van der Waals surface area contributed by atoms with Crippen molar-refractivity contribution in [1.82, 2.24) is 10.0 Å². The molecular formula is C21H20N2O7. The van der Waals surface area contributed by atoms with Crippen LogP contribution in [0, 0.1) is 0 Å². The van der Waals surface area contributed by atoms with Crippen LogP contribution < -0.4 is 10.2 Å². The van der Waals surface area contributed by atoms with Crippen LogP contribution in [0.5, 0.6) is 17.5 Å². The number of nitrogens with one attached hydrogen (secondary N) is 1. The number of carbonyl (C=O) groups excluding carboxylic acids is 2. The van der Waals surface area contributed by atoms with Crippen LogP contribution in [-0.4, -0.2) is 38.2 Å². The first-order valence-corrected chi connectivity index (χ1v) is 8.99. The molecule has 3 rings (SSSR count). The number of phenols is 1. The van der Waals surface area contributed by atoms with Gasteiger partial charge in [0.25, 0.3) is 0 Å². The quantitative estimate of drug-likeness (QED) is 0.467. The fourth-order valence-corrected chi connectivity index (χ4v) is 2.62. The lowest BCUT2D eigenvalue weighted by Crippen LogP contribution is -2.46. The Kier molecular flexibility index (Phi) is 6.43. The molecule has 3 aromatic rings. The van der Waals surface area contributed by atoms with Gasteiger partial charge in [-0.3, -0.25) is 0 Å². The summed E-state index contributed by atoms with van der Waals surface area (Å²) in [5.41, 5.74) is 1.39. The molecule has 4 N–H and O–H groups in total. The Bertz CT molecular complexity index is 980. The van der Waals surface area contributed by atoms with Crippen LogP contribution in [0.4, 0.5) is 4.79 Å². The van der Waals surface area contributed by atoms with Crippen molar-refractivity contribution >= 4 is 12.1 Å². The van der Waals surface area contributed by atoms with Crippen LogP contribution in [0.25, 0.3) is 0 Å². The van der Waals surface area contributed by atoms with Gasteiger partial charge in [0.15, 0.2) is 0 Å². The molecule has 0 fully saturated rings. The third-order valence-electron chi connectivity index (χ3n) is 4.14. The molecule has 1 heterocycles. The van der Waals surface area contributed by atoms with Crippen molar-refractivity contribution in [3.63, 3.8) is 0 Å². The van der Waals surface area contributed by atoms with Crippen molar-refractivity contribution < 1.29 is 34.5 Å². The van der Waals surface area contributed by atoms with Gasteiger partial charge >= 0.3 is 12.1 Å². The first-order chi connectivity index (χ1) is 14.4. The van der Waals surface area contributed by atoms with Crippen molar-refractivity contribution in [2.75, 3.05) is 0 Å². The topological polar surface area (TPSA) is 130 Å². The predicted octanol–water partition coefficient (Wildman–Crippen LogP) is 2.10. The van der Waals surface area contributed by atoms with Gasteiger partial charge in [-0.25, -0.2) is 9.59 Å². The Morgan fingerprint density at radius 2 is 1.50 bits per heavy atom. The summed E-state index contributed by atoms with van der Waals surface area (Å²) in [6.45, 7) is 0.00677. The molecule has 1 atom stereocenters. The lowest BCUT2D eigenvalue weighted by atomic mass is 10.1. The highest BCUT2D eigenvalue weighted by atomic mass is 16.7. The molecular weight excluding hydrogens is 392 g/mol. The summed E-state index contributed by atoms with van der Waals surface area (Å²) < 4.78 is 5.68. The van der Waals surface area contributed by atoms with E-state index in [9.17, 15) is 24.9 Å². The van der Waals surface area contributed by atoms with Gasteiger partial charge < -0.3 is 30.2 Å². The van der Waals surface area contributed by atoms with E-state index in [1.807, 2.05) is 6.07 Å². The number of alkyl carbamates (subject to hydrolysis) is 1. The van der Waals surface area contributed by atoms with Crippen LogP contribution in [0.1, 0.15) is 11.1 Å². The number of aromatic hydroxyl groups is 3. The van der Waals surface area contributed by atoms with Gasteiger partial charge in [0, 0.05) is 18.6 Å². The highest BCUT2D eigenvalue weighted by molar-refractivity contribution is 5.82. The van der Waals surface area contributed by atoms with Gasteiger partial charge in [-0.1, -0.05) is 42.5 Å². The van der Waals surface area contributed by atoms with E-state index >= 15 is 0 Å².